The average Bonchev–Trinajstić information content (AvgIpc) is 2.38. The lowest BCUT2D eigenvalue weighted by Crippen LogP contribution is -2.43. The van der Waals surface area contributed by atoms with Gasteiger partial charge in [-0.05, 0) is 12.5 Å². The van der Waals surface area contributed by atoms with E-state index < -0.39 is 12.0 Å². The molecule has 0 aromatic heterocycles. The molecule has 0 aliphatic carbocycles. The van der Waals surface area contributed by atoms with Crippen LogP contribution in [0.5, 0.6) is 0 Å². The van der Waals surface area contributed by atoms with Gasteiger partial charge in [-0.25, -0.2) is 4.79 Å². The number of esters is 1. The minimum atomic E-state index is -0.693. The molecule has 0 aliphatic heterocycles. The zero-order chi connectivity index (χ0) is 13.5. The summed E-state index contributed by atoms with van der Waals surface area (Å²) in [7, 11) is 1.30. The Balaban J connectivity index is 2.76. The van der Waals surface area contributed by atoms with Crippen LogP contribution in [0.25, 0.3) is 0 Å². The van der Waals surface area contributed by atoms with Gasteiger partial charge in [0.25, 0.3) is 0 Å². The normalized spacial score (nSPS) is 11.4. The minimum Gasteiger partial charge on any atom is -0.467 e. The summed E-state index contributed by atoms with van der Waals surface area (Å²) in [6.45, 7) is 5.13. The van der Waals surface area contributed by atoms with Crippen molar-refractivity contribution in [1.29, 1.82) is 0 Å². The fraction of sp³-hybridized carbons (Fsp3) is 0.286. The fourth-order valence-corrected chi connectivity index (χ4v) is 1.47. The van der Waals surface area contributed by atoms with Gasteiger partial charge < -0.3 is 10.1 Å². The van der Waals surface area contributed by atoms with Gasteiger partial charge in [0, 0.05) is 12.0 Å². The summed E-state index contributed by atoms with van der Waals surface area (Å²) < 4.78 is 4.68. The molecule has 1 rings (SSSR count). The van der Waals surface area contributed by atoms with Crippen LogP contribution >= 0.6 is 0 Å². The number of nitrogens with one attached hydrogen (secondary N) is 1. The van der Waals surface area contributed by atoms with E-state index in [2.05, 4.69) is 16.6 Å². The van der Waals surface area contributed by atoms with Crippen LogP contribution in [0.1, 0.15) is 12.5 Å². The predicted octanol–water partition coefficient (Wildman–Crippen LogP) is 1.46. The first-order valence-corrected chi connectivity index (χ1v) is 5.62. The SMILES string of the molecule is C=C(C)C(=O)N[C@H](Cc1ccccc1)C(=O)OC. The molecule has 18 heavy (non-hydrogen) atoms. The molecule has 1 atom stereocenters. The Kier molecular flexibility index (Phi) is 5.11. The third-order valence-corrected chi connectivity index (χ3v) is 2.46. The zero-order valence-electron chi connectivity index (χ0n) is 10.6. The highest BCUT2D eigenvalue weighted by molar-refractivity contribution is 5.95. The Morgan fingerprint density at radius 1 is 1.33 bits per heavy atom. The molecular weight excluding hydrogens is 230 g/mol. The van der Waals surface area contributed by atoms with Gasteiger partial charge in [0.1, 0.15) is 6.04 Å². The standard InChI is InChI=1S/C14H17NO3/c1-10(2)13(16)15-12(14(17)18-3)9-11-7-5-4-6-8-11/h4-8,12H,1,9H2,2-3H3,(H,15,16)/t12-/m1/s1. The van der Waals surface area contributed by atoms with E-state index in [-0.39, 0.29) is 5.91 Å². The Bertz CT molecular complexity index is 440. The largest absolute Gasteiger partial charge is 0.467 e. The van der Waals surface area contributed by atoms with E-state index in [9.17, 15) is 9.59 Å². The number of hydrogen-bond acceptors (Lipinski definition) is 3. The molecular formula is C14H17NO3. The second-order valence-corrected chi connectivity index (χ2v) is 4.02. The van der Waals surface area contributed by atoms with Gasteiger partial charge in [-0.15, -0.1) is 0 Å². The Labute approximate surface area is 107 Å². The highest BCUT2D eigenvalue weighted by Gasteiger charge is 2.21. The van der Waals surface area contributed by atoms with Crippen LogP contribution in [0.15, 0.2) is 42.5 Å². The van der Waals surface area contributed by atoms with Crippen molar-refractivity contribution in [2.45, 2.75) is 19.4 Å². The van der Waals surface area contributed by atoms with Crippen LogP contribution in [-0.4, -0.2) is 25.0 Å². The van der Waals surface area contributed by atoms with Gasteiger partial charge in [0.15, 0.2) is 0 Å². The van der Waals surface area contributed by atoms with Crippen molar-refractivity contribution >= 4 is 11.9 Å². The molecule has 0 aliphatic rings. The third kappa shape index (κ3) is 4.05. The monoisotopic (exact) mass is 247 g/mol. The van der Waals surface area contributed by atoms with Crippen molar-refractivity contribution in [3.63, 3.8) is 0 Å². The van der Waals surface area contributed by atoms with Gasteiger partial charge in [-0.1, -0.05) is 36.9 Å². The summed E-state index contributed by atoms with van der Waals surface area (Å²) in [6, 6.07) is 8.74. The summed E-state index contributed by atoms with van der Waals surface area (Å²) in [6.07, 6.45) is 0.395. The Morgan fingerprint density at radius 2 is 1.94 bits per heavy atom. The van der Waals surface area contributed by atoms with Crippen molar-refractivity contribution < 1.29 is 14.3 Å². The van der Waals surface area contributed by atoms with E-state index in [1.807, 2.05) is 30.3 Å². The number of methoxy groups -OCH3 is 1. The second-order valence-electron chi connectivity index (χ2n) is 4.02. The molecule has 4 heteroatoms. The molecule has 0 radical (unpaired) electrons. The van der Waals surface area contributed by atoms with Crippen molar-refractivity contribution in [2.24, 2.45) is 0 Å². The second kappa shape index (κ2) is 6.59. The van der Waals surface area contributed by atoms with Crippen LogP contribution < -0.4 is 5.32 Å². The third-order valence-electron chi connectivity index (χ3n) is 2.46. The molecule has 0 bridgehead atoms. The summed E-state index contributed by atoms with van der Waals surface area (Å²) in [4.78, 5) is 23.2. The highest BCUT2D eigenvalue weighted by Crippen LogP contribution is 2.05. The lowest BCUT2D eigenvalue weighted by molar-refractivity contribution is -0.144. The topological polar surface area (TPSA) is 55.4 Å². The molecule has 4 nitrogen and oxygen atoms in total. The van der Waals surface area contributed by atoms with Gasteiger partial charge in [-0.2, -0.15) is 0 Å². The molecule has 1 amide bonds. The number of carbonyl (C=O) groups excluding carboxylic acids is 2. The van der Waals surface area contributed by atoms with E-state index in [0.717, 1.165) is 5.56 Å². The van der Waals surface area contributed by atoms with Crippen LogP contribution in [0, 0.1) is 0 Å². The van der Waals surface area contributed by atoms with Crippen molar-refractivity contribution in [2.75, 3.05) is 7.11 Å². The molecule has 0 saturated heterocycles. The van der Waals surface area contributed by atoms with E-state index in [0.29, 0.717) is 12.0 Å². The number of benzene rings is 1. The lowest BCUT2D eigenvalue weighted by Gasteiger charge is -2.16. The maximum absolute atomic E-state index is 11.6. The first-order valence-electron chi connectivity index (χ1n) is 5.62. The number of ether oxygens (including phenoxy) is 1. The van der Waals surface area contributed by atoms with E-state index in [4.69, 9.17) is 0 Å². The van der Waals surface area contributed by atoms with Crippen molar-refractivity contribution in [1.82, 2.24) is 5.32 Å². The van der Waals surface area contributed by atoms with Gasteiger partial charge in [0.2, 0.25) is 5.91 Å². The zero-order valence-corrected chi connectivity index (χ0v) is 10.6. The van der Waals surface area contributed by atoms with Gasteiger partial charge >= 0.3 is 5.97 Å². The van der Waals surface area contributed by atoms with E-state index >= 15 is 0 Å². The molecule has 1 aromatic carbocycles. The number of hydrogen-bond donors (Lipinski definition) is 1. The van der Waals surface area contributed by atoms with Gasteiger partial charge in [0.05, 0.1) is 7.11 Å². The fourth-order valence-electron chi connectivity index (χ4n) is 1.47. The van der Waals surface area contributed by atoms with E-state index in [1.165, 1.54) is 7.11 Å². The van der Waals surface area contributed by atoms with Crippen LogP contribution in [0.4, 0.5) is 0 Å². The molecule has 96 valence electrons. The quantitative estimate of drug-likeness (QED) is 0.633. The summed E-state index contributed by atoms with van der Waals surface area (Å²) >= 11 is 0. The number of rotatable bonds is 5. The predicted molar refractivity (Wildman–Crippen MR) is 68.9 cm³/mol. The first-order chi connectivity index (χ1) is 8.54. The summed E-state index contributed by atoms with van der Waals surface area (Å²) in [5.41, 5.74) is 1.31. The van der Waals surface area contributed by atoms with E-state index in [1.54, 1.807) is 6.92 Å². The minimum absolute atomic E-state index is 0.346. The number of amides is 1. The number of carbonyl (C=O) groups is 2. The van der Waals surface area contributed by atoms with Gasteiger partial charge in [-0.3, -0.25) is 4.79 Å². The van der Waals surface area contributed by atoms with Crippen LogP contribution in [0.2, 0.25) is 0 Å². The molecule has 1 aromatic rings. The highest BCUT2D eigenvalue weighted by atomic mass is 16.5. The molecule has 0 unspecified atom stereocenters. The summed E-state index contributed by atoms with van der Waals surface area (Å²) in [5, 5.41) is 2.60. The van der Waals surface area contributed by atoms with Crippen molar-refractivity contribution in [3.8, 4) is 0 Å². The molecule has 0 saturated carbocycles. The lowest BCUT2D eigenvalue weighted by atomic mass is 10.1. The van der Waals surface area contributed by atoms with Crippen LogP contribution in [0.3, 0.4) is 0 Å². The molecule has 1 N–H and O–H groups in total. The Morgan fingerprint density at radius 3 is 2.44 bits per heavy atom. The molecule has 0 spiro atoms. The smallest absolute Gasteiger partial charge is 0.328 e. The molecule has 0 fully saturated rings. The van der Waals surface area contributed by atoms with Crippen LogP contribution in [-0.2, 0) is 20.7 Å². The maximum atomic E-state index is 11.6. The Hall–Kier alpha value is -2.10. The van der Waals surface area contributed by atoms with Crippen molar-refractivity contribution in [3.05, 3.63) is 48.0 Å². The maximum Gasteiger partial charge on any atom is 0.328 e. The first kappa shape index (κ1) is 14.0. The average molecular weight is 247 g/mol. The summed E-state index contributed by atoms with van der Waals surface area (Å²) in [5.74, 6) is -0.810. The molecule has 0 heterocycles.